The van der Waals surface area contributed by atoms with Gasteiger partial charge in [-0.3, -0.25) is 4.79 Å². The van der Waals surface area contributed by atoms with E-state index in [1.165, 1.54) is 12.1 Å². The van der Waals surface area contributed by atoms with Crippen molar-refractivity contribution in [1.29, 1.82) is 0 Å². The standard InChI is InChI=1S/C23H23F2N5O2/c24-16-4-5-19(25)18(12-16)20-2-1-9-29(20)21-8-11-30-23(27-21)15(13-26-30)3-6-22(32)28-10-7-17(31)14-28/h3-6,8,11-13,17,20,31H,1-2,7,9-10,14H2. The zero-order valence-corrected chi connectivity index (χ0v) is 17.4. The summed E-state index contributed by atoms with van der Waals surface area (Å²) in [6, 6.07) is 5.04. The van der Waals surface area contributed by atoms with E-state index in [2.05, 4.69) is 5.10 Å². The second-order valence-corrected chi connectivity index (χ2v) is 8.23. The van der Waals surface area contributed by atoms with Gasteiger partial charge in [-0.1, -0.05) is 0 Å². The van der Waals surface area contributed by atoms with Gasteiger partial charge in [-0.05, 0) is 49.6 Å². The molecule has 2 aromatic heterocycles. The van der Waals surface area contributed by atoms with Crippen LogP contribution in [0.25, 0.3) is 11.7 Å². The number of hydrogen-bond acceptors (Lipinski definition) is 5. The summed E-state index contributed by atoms with van der Waals surface area (Å²) >= 11 is 0. The second kappa shape index (κ2) is 8.31. The van der Waals surface area contributed by atoms with Gasteiger partial charge >= 0.3 is 0 Å². The molecule has 0 bridgehead atoms. The first kappa shape index (κ1) is 20.6. The molecule has 5 rings (SSSR count). The van der Waals surface area contributed by atoms with E-state index in [-0.39, 0.29) is 11.9 Å². The molecule has 1 N–H and O–H groups in total. The first-order valence-electron chi connectivity index (χ1n) is 10.7. The van der Waals surface area contributed by atoms with Gasteiger partial charge in [0.15, 0.2) is 5.65 Å². The van der Waals surface area contributed by atoms with Crippen LogP contribution in [0.1, 0.15) is 36.4 Å². The maximum atomic E-state index is 14.4. The van der Waals surface area contributed by atoms with Crippen molar-refractivity contribution >= 4 is 23.4 Å². The highest BCUT2D eigenvalue weighted by atomic mass is 19.1. The number of hydrogen-bond donors (Lipinski definition) is 1. The van der Waals surface area contributed by atoms with E-state index in [0.29, 0.717) is 55.1 Å². The number of β-amino-alcohol motifs (C(OH)–C–C–N with tert-alkyl or cyclic N) is 1. The van der Waals surface area contributed by atoms with Crippen LogP contribution in [-0.4, -0.2) is 56.2 Å². The SMILES string of the molecule is O=C(C=Cc1cnn2ccc(N3CCCC3c3cc(F)ccc3F)nc12)N1CCC(O)C1. The van der Waals surface area contributed by atoms with E-state index in [1.807, 2.05) is 4.90 Å². The molecule has 2 fully saturated rings. The quantitative estimate of drug-likeness (QED) is 0.633. The minimum atomic E-state index is -0.468. The monoisotopic (exact) mass is 439 g/mol. The zero-order chi connectivity index (χ0) is 22.2. The molecule has 1 aromatic carbocycles. The molecule has 0 saturated carbocycles. The lowest BCUT2D eigenvalue weighted by Gasteiger charge is -2.26. The number of nitrogens with zero attached hydrogens (tertiary/aromatic N) is 5. The van der Waals surface area contributed by atoms with Gasteiger partial charge in [0.2, 0.25) is 5.91 Å². The Hall–Kier alpha value is -3.33. The Morgan fingerprint density at radius 2 is 2.06 bits per heavy atom. The van der Waals surface area contributed by atoms with E-state index in [0.717, 1.165) is 18.6 Å². The van der Waals surface area contributed by atoms with Gasteiger partial charge in [-0.15, -0.1) is 0 Å². The van der Waals surface area contributed by atoms with E-state index in [9.17, 15) is 18.7 Å². The maximum Gasteiger partial charge on any atom is 0.246 e. The third-order valence-electron chi connectivity index (χ3n) is 6.13. The van der Waals surface area contributed by atoms with Gasteiger partial charge in [0.25, 0.3) is 0 Å². The molecule has 0 spiro atoms. The number of aromatic nitrogens is 3. The minimum Gasteiger partial charge on any atom is -0.391 e. The van der Waals surface area contributed by atoms with Crippen LogP contribution in [-0.2, 0) is 4.79 Å². The van der Waals surface area contributed by atoms with E-state index < -0.39 is 17.7 Å². The predicted molar refractivity (Wildman–Crippen MR) is 115 cm³/mol. The summed E-state index contributed by atoms with van der Waals surface area (Å²) in [6.07, 6.45) is 8.19. The van der Waals surface area contributed by atoms with Gasteiger partial charge in [0.05, 0.1) is 18.3 Å². The molecule has 9 heteroatoms. The number of fused-ring (bicyclic) bond motifs is 1. The summed E-state index contributed by atoms with van der Waals surface area (Å²) in [7, 11) is 0. The van der Waals surface area contributed by atoms with Crippen molar-refractivity contribution < 1.29 is 18.7 Å². The molecule has 2 aliphatic heterocycles. The van der Waals surface area contributed by atoms with Crippen LogP contribution >= 0.6 is 0 Å². The van der Waals surface area contributed by atoms with Crippen molar-refractivity contribution in [3.05, 3.63) is 65.5 Å². The van der Waals surface area contributed by atoms with Crippen molar-refractivity contribution in [2.75, 3.05) is 24.5 Å². The van der Waals surface area contributed by atoms with Crippen LogP contribution in [0.3, 0.4) is 0 Å². The molecule has 2 atom stereocenters. The summed E-state index contributed by atoms with van der Waals surface area (Å²) in [5.74, 6) is -0.413. The smallest absolute Gasteiger partial charge is 0.246 e. The predicted octanol–water partition coefficient (Wildman–Crippen LogP) is 2.96. The second-order valence-electron chi connectivity index (χ2n) is 8.23. The van der Waals surface area contributed by atoms with Crippen LogP contribution < -0.4 is 4.90 Å². The average molecular weight is 439 g/mol. The number of rotatable bonds is 4. The van der Waals surface area contributed by atoms with Crippen molar-refractivity contribution in [2.24, 2.45) is 0 Å². The van der Waals surface area contributed by atoms with E-state index in [1.54, 1.807) is 34.0 Å². The Labute approximate surface area is 183 Å². The molecule has 0 radical (unpaired) electrons. The summed E-state index contributed by atoms with van der Waals surface area (Å²) in [5, 5.41) is 13.9. The maximum absolute atomic E-state index is 14.4. The van der Waals surface area contributed by atoms with Crippen LogP contribution in [0, 0.1) is 11.6 Å². The average Bonchev–Trinajstić information content (AvgIpc) is 3.53. The number of aliphatic hydroxyl groups excluding tert-OH is 1. The lowest BCUT2D eigenvalue weighted by Crippen LogP contribution is -2.27. The molecule has 2 unspecified atom stereocenters. The van der Waals surface area contributed by atoms with Crippen LogP contribution in [0.15, 0.2) is 42.7 Å². The van der Waals surface area contributed by atoms with Gasteiger partial charge in [0, 0.05) is 43.0 Å². The summed E-state index contributed by atoms with van der Waals surface area (Å²) in [6.45, 7) is 1.56. The Kier molecular flexibility index (Phi) is 5.34. The summed E-state index contributed by atoms with van der Waals surface area (Å²) in [5.41, 5.74) is 1.57. The first-order valence-corrected chi connectivity index (χ1v) is 10.7. The molecule has 0 aliphatic carbocycles. The number of aliphatic hydroxyl groups is 1. The highest BCUT2D eigenvalue weighted by Gasteiger charge is 2.30. The number of carbonyl (C=O) groups excluding carboxylic acids is 1. The molecule has 32 heavy (non-hydrogen) atoms. The lowest BCUT2D eigenvalue weighted by molar-refractivity contribution is -0.125. The number of benzene rings is 1. The molecular formula is C23H23F2N5O2. The first-order chi connectivity index (χ1) is 15.5. The molecule has 4 heterocycles. The van der Waals surface area contributed by atoms with E-state index in [4.69, 9.17) is 4.98 Å². The minimum absolute atomic E-state index is 0.168. The fraction of sp³-hybridized carbons (Fsp3) is 0.348. The van der Waals surface area contributed by atoms with Crippen LogP contribution in [0.5, 0.6) is 0 Å². The Bertz CT molecular complexity index is 1190. The van der Waals surface area contributed by atoms with Crippen molar-refractivity contribution in [2.45, 2.75) is 31.4 Å². The van der Waals surface area contributed by atoms with Gasteiger partial charge in [0.1, 0.15) is 17.5 Å². The molecule has 2 aliphatic rings. The number of amides is 1. The highest BCUT2D eigenvalue weighted by molar-refractivity contribution is 5.93. The van der Waals surface area contributed by atoms with E-state index >= 15 is 0 Å². The van der Waals surface area contributed by atoms with Gasteiger partial charge < -0.3 is 14.9 Å². The molecular weight excluding hydrogens is 416 g/mol. The van der Waals surface area contributed by atoms with Crippen LogP contribution in [0.4, 0.5) is 14.6 Å². The Morgan fingerprint density at radius 1 is 1.19 bits per heavy atom. The number of anilines is 1. The fourth-order valence-electron chi connectivity index (χ4n) is 4.50. The van der Waals surface area contributed by atoms with Crippen molar-refractivity contribution in [1.82, 2.24) is 19.5 Å². The molecule has 1 amide bonds. The molecule has 7 nitrogen and oxygen atoms in total. The topological polar surface area (TPSA) is 74.0 Å². The van der Waals surface area contributed by atoms with Gasteiger partial charge in [-0.2, -0.15) is 5.10 Å². The van der Waals surface area contributed by atoms with Crippen molar-refractivity contribution in [3.63, 3.8) is 0 Å². The molecule has 3 aromatic rings. The third-order valence-corrected chi connectivity index (χ3v) is 6.13. The normalized spacial score (nSPS) is 21.3. The number of likely N-dealkylation sites (tertiary alicyclic amines) is 1. The number of carbonyl (C=O) groups is 1. The number of halogens is 2. The zero-order valence-electron chi connectivity index (χ0n) is 17.4. The largest absolute Gasteiger partial charge is 0.391 e. The third kappa shape index (κ3) is 3.84. The van der Waals surface area contributed by atoms with Crippen molar-refractivity contribution in [3.8, 4) is 0 Å². The molecule has 166 valence electrons. The fourth-order valence-corrected chi connectivity index (χ4v) is 4.50. The molecule has 2 saturated heterocycles. The Morgan fingerprint density at radius 3 is 2.88 bits per heavy atom. The lowest BCUT2D eigenvalue weighted by atomic mass is 10.0. The summed E-state index contributed by atoms with van der Waals surface area (Å²) < 4.78 is 29.8. The van der Waals surface area contributed by atoms with Crippen LogP contribution in [0.2, 0.25) is 0 Å². The highest BCUT2D eigenvalue weighted by Crippen LogP contribution is 2.36. The van der Waals surface area contributed by atoms with Gasteiger partial charge in [-0.25, -0.2) is 18.3 Å². The Balaban J connectivity index is 1.42. The summed E-state index contributed by atoms with van der Waals surface area (Å²) in [4.78, 5) is 20.7.